The van der Waals surface area contributed by atoms with Crippen LogP contribution >= 0.6 is 0 Å². The van der Waals surface area contributed by atoms with Gasteiger partial charge in [-0.3, -0.25) is 0 Å². The maximum Gasteiger partial charge on any atom is 0.119 e. The Balaban J connectivity index is 0.000000461. The van der Waals surface area contributed by atoms with E-state index in [0.29, 0.717) is 6.10 Å². The van der Waals surface area contributed by atoms with Gasteiger partial charge in [-0.25, -0.2) is 0 Å². The van der Waals surface area contributed by atoms with Crippen molar-refractivity contribution in [1.29, 1.82) is 0 Å². The number of ether oxygens (including phenoxy) is 1. The van der Waals surface area contributed by atoms with Crippen LogP contribution in [0.25, 0.3) is 0 Å². The Labute approximate surface area is 87.1 Å². The van der Waals surface area contributed by atoms with E-state index in [-0.39, 0.29) is 0 Å². The molecule has 0 aromatic heterocycles. The number of benzene rings is 1. The predicted molar refractivity (Wildman–Crippen MR) is 60.8 cm³/mol. The van der Waals surface area contributed by atoms with Crippen LogP contribution in [0.1, 0.15) is 39.2 Å². The number of hydrogen-bond donors (Lipinski definition) is 0. The van der Waals surface area contributed by atoms with Crippen LogP contribution in [-0.2, 0) is 6.42 Å². The lowest BCUT2D eigenvalue weighted by Gasteiger charge is -2.04. The van der Waals surface area contributed by atoms with Gasteiger partial charge in [-0.1, -0.05) is 32.9 Å². The largest absolute Gasteiger partial charge is 0.490 e. The molecule has 0 bridgehead atoms. The van der Waals surface area contributed by atoms with Crippen molar-refractivity contribution in [3.05, 3.63) is 29.8 Å². The van der Waals surface area contributed by atoms with Crippen molar-refractivity contribution in [3.8, 4) is 5.75 Å². The first kappa shape index (κ1) is 11.1. The molecule has 0 aliphatic heterocycles. The summed E-state index contributed by atoms with van der Waals surface area (Å²) < 4.78 is 5.67. The van der Waals surface area contributed by atoms with Gasteiger partial charge in [0.1, 0.15) is 5.75 Å². The molecule has 1 fully saturated rings. The van der Waals surface area contributed by atoms with Crippen molar-refractivity contribution in [2.45, 2.75) is 46.1 Å². The second-order valence-electron chi connectivity index (χ2n) is 3.32. The SMILES string of the molecule is CC.CCc1cccc(OC2CC2)c1. The quantitative estimate of drug-likeness (QED) is 0.707. The van der Waals surface area contributed by atoms with E-state index in [1.165, 1.54) is 18.4 Å². The van der Waals surface area contributed by atoms with Gasteiger partial charge >= 0.3 is 0 Å². The molecular formula is C13H20O. The minimum atomic E-state index is 0.511. The smallest absolute Gasteiger partial charge is 0.119 e. The molecule has 0 spiro atoms. The third-order valence-corrected chi connectivity index (χ3v) is 2.13. The summed E-state index contributed by atoms with van der Waals surface area (Å²) in [5.41, 5.74) is 1.35. The Morgan fingerprint density at radius 2 is 2.00 bits per heavy atom. The molecule has 1 heteroatoms. The summed E-state index contributed by atoms with van der Waals surface area (Å²) >= 11 is 0. The lowest BCUT2D eigenvalue weighted by Crippen LogP contribution is -1.95. The van der Waals surface area contributed by atoms with Crippen molar-refractivity contribution in [2.24, 2.45) is 0 Å². The fourth-order valence-corrected chi connectivity index (χ4v) is 1.22. The first-order valence-corrected chi connectivity index (χ1v) is 5.64. The van der Waals surface area contributed by atoms with Crippen LogP contribution in [0.5, 0.6) is 5.75 Å². The third-order valence-electron chi connectivity index (χ3n) is 2.13. The predicted octanol–water partition coefficient (Wildman–Crippen LogP) is 3.82. The lowest BCUT2D eigenvalue weighted by atomic mass is 10.2. The zero-order chi connectivity index (χ0) is 10.4. The summed E-state index contributed by atoms with van der Waals surface area (Å²) in [6.07, 6.45) is 4.06. The maximum absolute atomic E-state index is 5.67. The molecule has 1 nitrogen and oxygen atoms in total. The molecule has 0 atom stereocenters. The standard InChI is InChI=1S/C11H14O.C2H6/c1-2-9-4-3-5-11(8-9)12-10-6-7-10;1-2/h3-5,8,10H,2,6-7H2,1H3;1-2H3. The van der Waals surface area contributed by atoms with E-state index in [1.54, 1.807) is 0 Å². The van der Waals surface area contributed by atoms with Crippen molar-refractivity contribution in [1.82, 2.24) is 0 Å². The topological polar surface area (TPSA) is 9.23 Å². The molecule has 0 N–H and O–H groups in total. The van der Waals surface area contributed by atoms with Crippen LogP contribution < -0.4 is 4.74 Å². The Morgan fingerprint density at radius 1 is 1.29 bits per heavy atom. The second kappa shape index (κ2) is 5.69. The van der Waals surface area contributed by atoms with Gasteiger partial charge in [0, 0.05) is 0 Å². The summed E-state index contributed by atoms with van der Waals surface area (Å²) in [4.78, 5) is 0. The second-order valence-corrected chi connectivity index (χ2v) is 3.32. The summed E-state index contributed by atoms with van der Waals surface area (Å²) in [5, 5.41) is 0. The Hall–Kier alpha value is -0.980. The minimum absolute atomic E-state index is 0.511. The van der Waals surface area contributed by atoms with Gasteiger partial charge in [-0.15, -0.1) is 0 Å². The molecule has 78 valence electrons. The molecule has 1 aliphatic carbocycles. The molecule has 0 radical (unpaired) electrons. The summed E-state index contributed by atoms with van der Waals surface area (Å²) in [6, 6.07) is 8.38. The zero-order valence-corrected chi connectivity index (χ0v) is 9.42. The monoisotopic (exact) mass is 192 g/mol. The van der Waals surface area contributed by atoms with E-state index in [2.05, 4.69) is 25.1 Å². The van der Waals surface area contributed by atoms with E-state index in [9.17, 15) is 0 Å². The van der Waals surface area contributed by atoms with E-state index in [1.807, 2.05) is 19.9 Å². The van der Waals surface area contributed by atoms with Crippen molar-refractivity contribution >= 4 is 0 Å². The van der Waals surface area contributed by atoms with Crippen LogP contribution in [0.3, 0.4) is 0 Å². The van der Waals surface area contributed by atoms with Gasteiger partial charge in [-0.05, 0) is 37.0 Å². The van der Waals surface area contributed by atoms with Crippen LogP contribution in [0, 0.1) is 0 Å². The van der Waals surface area contributed by atoms with Crippen molar-refractivity contribution in [3.63, 3.8) is 0 Å². The first-order valence-electron chi connectivity index (χ1n) is 5.64. The highest BCUT2D eigenvalue weighted by Crippen LogP contribution is 2.26. The van der Waals surface area contributed by atoms with Crippen molar-refractivity contribution in [2.75, 3.05) is 0 Å². The van der Waals surface area contributed by atoms with Crippen molar-refractivity contribution < 1.29 is 4.74 Å². The van der Waals surface area contributed by atoms with E-state index in [0.717, 1.165) is 12.2 Å². The first-order chi connectivity index (χ1) is 6.88. The van der Waals surface area contributed by atoms with E-state index >= 15 is 0 Å². The fourth-order valence-electron chi connectivity index (χ4n) is 1.22. The number of rotatable bonds is 3. The number of aryl methyl sites for hydroxylation is 1. The molecule has 1 saturated carbocycles. The fraction of sp³-hybridized carbons (Fsp3) is 0.538. The van der Waals surface area contributed by atoms with Gasteiger partial charge in [0.15, 0.2) is 0 Å². The van der Waals surface area contributed by atoms with Gasteiger partial charge < -0.3 is 4.74 Å². The molecule has 0 amide bonds. The van der Waals surface area contributed by atoms with Gasteiger partial charge in [0.25, 0.3) is 0 Å². The molecule has 0 unspecified atom stereocenters. The lowest BCUT2D eigenvalue weighted by molar-refractivity contribution is 0.303. The normalized spacial score (nSPS) is 14.2. The van der Waals surface area contributed by atoms with Crippen LogP contribution in [-0.4, -0.2) is 6.10 Å². The Bertz CT molecular complexity index is 264. The highest BCUT2D eigenvalue weighted by Gasteiger charge is 2.23. The maximum atomic E-state index is 5.67. The Morgan fingerprint density at radius 3 is 2.57 bits per heavy atom. The molecule has 1 aromatic carbocycles. The van der Waals surface area contributed by atoms with Crippen LogP contribution in [0.4, 0.5) is 0 Å². The zero-order valence-electron chi connectivity index (χ0n) is 9.42. The van der Waals surface area contributed by atoms with Crippen LogP contribution in [0.2, 0.25) is 0 Å². The highest BCUT2D eigenvalue weighted by atomic mass is 16.5. The van der Waals surface area contributed by atoms with Gasteiger partial charge in [0.05, 0.1) is 6.10 Å². The molecule has 1 aliphatic rings. The van der Waals surface area contributed by atoms with Gasteiger partial charge in [-0.2, -0.15) is 0 Å². The number of hydrogen-bond acceptors (Lipinski definition) is 1. The summed E-state index contributed by atoms with van der Waals surface area (Å²) in [7, 11) is 0. The van der Waals surface area contributed by atoms with E-state index in [4.69, 9.17) is 4.74 Å². The van der Waals surface area contributed by atoms with Crippen LogP contribution in [0.15, 0.2) is 24.3 Å². The molecular weight excluding hydrogens is 172 g/mol. The molecule has 14 heavy (non-hydrogen) atoms. The average molecular weight is 192 g/mol. The molecule has 0 heterocycles. The highest BCUT2D eigenvalue weighted by molar-refractivity contribution is 5.28. The molecule has 1 aromatic rings. The molecule has 2 rings (SSSR count). The third kappa shape index (κ3) is 3.41. The van der Waals surface area contributed by atoms with Gasteiger partial charge in [0.2, 0.25) is 0 Å². The summed E-state index contributed by atoms with van der Waals surface area (Å²) in [6.45, 7) is 6.16. The van der Waals surface area contributed by atoms with E-state index < -0.39 is 0 Å². The Kier molecular flexibility index (Phi) is 4.51. The average Bonchev–Trinajstić information content (AvgIpc) is 3.05. The summed E-state index contributed by atoms with van der Waals surface area (Å²) in [5.74, 6) is 1.04. The minimum Gasteiger partial charge on any atom is -0.490 e. The molecule has 0 saturated heterocycles.